The van der Waals surface area contributed by atoms with E-state index in [9.17, 15) is 14.9 Å². The number of nitro benzene ring substituents is 1. The van der Waals surface area contributed by atoms with E-state index in [-0.39, 0.29) is 16.6 Å². The van der Waals surface area contributed by atoms with Gasteiger partial charge < -0.3 is 4.90 Å². The fraction of sp³-hybridized carbons (Fsp3) is 0.533. The largest absolute Gasteiger partial charge is 0.339 e. The lowest BCUT2D eigenvalue weighted by molar-refractivity contribution is -0.384. The van der Waals surface area contributed by atoms with E-state index in [4.69, 9.17) is 11.6 Å². The van der Waals surface area contributed by atoms with Crippen LogP contribution >= 0.6 is 11.6 Å². The number of halogens is 1. The Morgan fingerprint density at radius 1 is 1.38 bits per heavy atom. The molecule has 1 aromatic carbocycles. The van der Waals surface area contributed by atoms with Gasteiger partial charge in [-0.2, -0.15) is 0 Å². The number of amides is 1. The lowest BCUT2D eigenvalue weighted by atomic mass is 9.86. The fourth-order valence-corrected chi connectivity index (χ4v) is 2.92. The molecular weight excluding hydrogens is 292 g/mol. The quantitative estimate of drug-likeness (QED) is 0.631. The minimum atomic E-state index is -0.565. The zero-order valence-electron chi connectivity index (χ0n) is 12.2. The zero-order valence-corrected chi connectivity index (χ0v) is 13.0. The van der Waals surface area contributed by atoms with Crippen LogP contribution in [-0.2, 0) is 0 Å². The van der Waals surface area contributed by atoms with Gasteiger partial charge in [-0.3, -0.25) is 14.9 Å². The van der Waals surface area contributed by atoms with Gasteiger partial charge in [-0.25, -0.2) is 0 Å². The molecule has 0 saturated carbocycles. The van der Waals surface area contributed by atoms with Crippen molar-refractivity contribution in [2.75, 3.05) is 13.1 Å². The minimum absolute atomic E-state index is 0.0510. The molecule has 1 aliphatic heterocycles. The number of likely N-dealkylation sites (tertiary alicyclic amines) is 1. The van der Waals surface area contributed by atoms with Crippen molar-refractivity contribution in [1.82, 2.24) is 4.90 Å². The molecule has 0 atom stereocenters. The Hall–Kier alpha value is -1.62. The molecular formula is C15H19ClN2O3. The standard InChI is InChI=1S/C15H19ClN2O3/c1-10(2)11-5-7-17(8-6-11)15(19)12-3-4-13(16)14(9-12)18(20)21/h3-4,9-11H,5-8H2,1-2H3. The summed E-state index contributed by atoms with van der Waals surface area (Å²) < 4.78 is 0. The molecule has 2 rings (SSSR count). The monoisotopic (exact) mass is 310 g/mol. The molecule has 1 heterocycles. The summed E-state index contributed by atoms with van der Waals surface area (Å²) in [5, 5.41) is 10.9. The summed E-state index contributed by atoms with van der Waals surface area (Å²) in [6, 6.07) is 4.22. The van der Waals surface area contributed by atoms with E-state index in [0.717, 1.165) is 12.8 Å². The highest BCUT2D eigenvalue weighted by Crippen LogP contribution is 2.28. The first-order chi connectivity index (χ1) is 9.90. The van der Waals surface area contributed by atoms with E-state index in [1.807, 2.05) is 0 Å². The Balaban J connectivity index is 2.11. The summed E-state index contributed by atoms with van der Waals surface area (Å²) >= 11 is 5.77. The molecule has 0 radical (unpaired) electrons. The smallest absolute Gasteiger partial charge is 0.288 e. The van der Waals surface area contributed by atoms with Gasteiger partial charge in [-0.05, 0) is 36.8 Å². The summed E-state index contributed by atoms with van der Waals surface area (Å²) in [7, 11) is 0. The van der Waals surface area contributed by atoms with Gasteiger partial charge in [0.05, 0.1) is 4.92 Å². The lowest BCUT2D eigenvalue weighted by Gasteiger charge is -2.33. The number of nitro groups is 1. The van der Waals surface area contributed by atoms with Crippen molar-refractivity contribution in [1.29, 1.82) is 0 Å². The Bertz CT molecular complexity index is 552. The van der Waals surface area contributed by atoms with Gasteiger partial charge in [-0.15, -0.1) is 0 Å². The van der Waals surface area contributed by atoms with Crippen molar-refractivity contribution in [3.8, 4) is 0 Å². The first kappa shape index (κ1) is 15.8. The molecule has 21 heavy (non-hydrogen) atoms. The van der Waals surface area contributed by atoms with E-state index in [1.54, 1.807) is 11.0 Å². The summed E-state index contributed by atoms with van der Waals surface area (Å²) in [5.74, 6) is 1.12. The van der Waals surface area contributed by atoms with Crippen molar-refractivity contribution in [2.24, 2.45) is 11.8 Å². The molecule has 1 fully saturated rings. The Morgan fingerprint density at radius 2 is 2.00 bits per heavy atom. The first-order valence-electron chi connectivity index (χ1n) is 7.13. The molecule has 0 spiro atoms. The molecule has 0 bridgehead atoms. The second kappa shape index (κ2) is 6.43. The van der Waals surface area contributed by atoms with Gasteiger partial charge in [0, 0.05) is 24.7 Å². The molecule has 1 saturated heterocycles. The molecule has 0 unspecified atom stereocenters. The average Bonchev–Trinajstić information content (AvgIpc) is 2.46. The number of rotatable bonds is 3. The molecule has 0 N–H and O–H groups in total. The van der Waals surface area contributed by atoms with Crippen molar-refractivity contribution in [3.05, 3.63) is 38.9 Å². The van der Waals surface area contributed by atoms with Gasteiger partial charge >= 0.3 is 0 Å². The average molecular weight is 311 g/mol. The van der Waals surface area contributed by atoms with Gasteiger partial charge in [0.2, 0.25) is 0 Å². The topological polar surface area (TPSA) is 63.5 Å². The number of hydrogen-bond acceptors (Lipinski definition) is 3. The van der Waals surface area contributed by atoms with Gasteiger partial charge in [-0.1, -0.05) is 25.4 Å². The second-order valence-corrected chi connectivity index (χ2v) is 6.20. The summed E-state index contributed by atoms with van der Waals surface area (Å²) in [5.41, 5.74) is 0.105. The second-order valence-electron chi connectivity index (χ2n) is 5.80. The van der Waals surface area contributed by atoms with Crippen molar-refractivity contribution < 1.29 is 9.72 Å². The number of carbonyl (C=O) groups is 1. The van der Waals surface area contributed by atoms with Crippen LogP contribution in [0.1, 0.15) is 37.0 Å². The molecule has 1 amide bonds. The molecule has 0 aliphatic carbocycles. The van der Waals surface area contributed by atoms with Crippen LogP contribution in [0, 0.1) is 22.0 Å². The molecule has 6 heteroatoms. The van der Waals surface area contributed by atoms with Crippen molar-refractivity contribution >= 4 is 23.2 Å². The Morgan fingerprint density at radius 3 is 2.52 bits per heavy atom. The van der Waals surface area contributed by atoms with Crippen LogP contribution < -0.4 is 0 Å². The third-order valence-corrected chi connectivity index (χ3v) is 4.48. The van der Waals surface area contributed by atoms with Crippen LogP contribution in [0.3, 0.4) is 0 Å². The van der Waals surface area contributed by atoms with E-state index in [2.05, 4.69) is 13.8 Å². The fourth-order valence-electron chi connectivity index (χ4n) is 2.74. The number of nitrogens with zero attached hydrogens (tertiary/aromatic N) is 2. The Labute approximate surface area is 129 Å². The van der Waals surface area contributed by atoms with E-state index < -0.39 is 4.92 Å². The van der Waals surface area contributed by atoms with Crippen molar-refractivity contribution in [3.63, 3.8) is 0 Å². The SMILES string of the molecule is CC(C)C1CCN(C(=O)c2ccc(Cl)c([N+](=O)[O-])c2)CC1. The highest BCUT2D eigenvalue weighted by Gasteiger charge is 2.26. The normalized spacial score (nSPS) is 16.3. The Kier molecular flexibility index (Phi) is 4.83. The number of carbonyl (C=O) groups excluding carboxylic acids is 1. The predicted molar refractivity (Wildman–Crippen MR) is 81.6 cm³/mol. The number of hydrogen-bond donors (Lipinski definition) is 0. The van der Waals surface area contributed by atoms with E-state index >= 15 is 0 Å². The molecule has 1 aromatic rings. The minimum Gasteiger partial charge on any atom is -0.339 e. The van der Waals surface area contributed by atoms with E-state index in [1.165, 1.54) is 12.1 Å². The zero-order chi connectivity index (χ0) is 15.6. The maximum atomic E-state index is 12.4. The first-order valence-corrected chi connectivity index (χ1v) is 7.51. The van der Waals surface area contributed by atoms with Crippen LogP contribution in [0.4, 0.5) is 5.69 Å². The van der Waals surface area contributed by atoms with Gasteiger partial charge in [0.15, 0.2) is 0 Å². The van der Waals surface area contributed by atoms with Gasteiger partial charge in [0.1, 0.15) is 5.02 Å². The third-order valence-electron chi connectivity index (χ3n) is 4.16. The molecule has 0 aromatic heterocycles. The highest BCUT2D eigenvalue weighted by atomic mass is 35.5. The van der Waals surface area contributed by atoms with Crippen LogP contribution in [0.15, 0.2) is 18.2 Å². The predicted octanol–water partition coefficient (Wildman–Crippen LogP) is 3.76. The molecule has 114 valence electrons. The molecule has 1 aliphatic rings. The van der Waals surface area contributed by atoms with Gasteiger partial charge in [0.25, 0.3) is 11.6 Å². The lowest BCUT2D eigenvalue weighted by Crippen LogP contribution is -2.39. The number of piperidine rings is 1. The van der Waals surface area contributed by atoms with Crippen LogP contribution in [0.25, 0.3) is 0 Å². The van der Waals surface area contributed by atoms with Crippen LogP contribution in [-0.4, -0.2) is 28.8 Å². The summed E-state index contributed by atoms with van der Waals surface area (Å²) in [4.78, 5) is 24.5. The van der Waals surface area contributed by atoms with Crippen LogP contribution in [0.5, 0.6) is 0 Å². The van der Waals surface area contributed by atoms with Crippen LogP contribution in [0.2, 0.25) is 5.02 Å². The highest BCUT2D eigenvalue weighted by molar-refractivity contribution is 6.32. The maximum absolute atomic E-state index is 12.4. The summed E-state index contributed by atoms with van der Waals surface area (Å²) in [6.07, 6.45) is 1.97. The van der Waals surface area contributed by atoms with Crippen molar-refractivity contribution in [2.45, 2.75) is 26.7 Å². The van der Waals surface area contributed by atoms with E-state index in [0.29, 0.717) is 30.5 Å². The molecule has 5 nitrogen and oxygen atoms in total. The maximum Gasteiger partial charge on any atom is 0.288 e. The number of benzene rings is 1. The third kappa shape index (κ3) is 3.53. The summed E-state index contributed by atoms with van der Waals surface area (Å²) in [6.45, 7) is 5.81.